The lowest BCUT2D eigenvalue weighted by molar-refractivity contribution is 0.0129. The van der Waals surface area contributed by atoms with E-state index in [4.69, 9.17) is 14.2 Å². The van der Waals surface area contributed by atoms with E-state index in [9.17, 15) is 19.8 Å². The van der Waals surface area contributed by atoms with Crippen molar-refractivity contribution in [2.45, 2.75) is 44.8 Å². The molecule has 0 spiro atoms. The van der Waals surface area contributed by atoms with Gasteiger partial charge in [-0.25, -0.2) is 14.6 Å². The standard InChI is InChI=1S/C30H35NO8/c1-5-23(32)17-37-25-11-7-21(8-12-25)30(2,3)22-9-13-26(14-10-22)38-18-24(33)19-39-28(34)20-6-15-27(31-16-20)29(35)36-4/h6-16,23-24,32-33H,5,17-19H2,1-4H3. The Kier molecular flexibility index (Phi) is 10.4. The summed E-state index contributed by atoms with van der Waals surface area (Å²) < 4.78 is 21.0. The Labute approximate surface area is 228 Å². The Morgan fingerprint density at radius 2 is 1.33 bits per heavy atom. The van der Waals surface area contributed by atoms with Crippen LogP contribution in [0.2, 0.25) is 0 Å². The van der Waals surface area contributed by atoms with Gasteiger partial charge in [-0.15, -0.1) is 0 Å². The van der Waals surface area contributed by atoms with Gasteiger partial charge in [0.15, 0.2) is 0 Å². The predicted molar refractivity (Wildman–Crippen MR) is 144 cm³/mol. The van der Waals surface area contributed by atoms with Crippen molar-refractivity contribution >= 4 is 11.9 Å². The van der Waals surface area contributed by atoms with Crippen LogP contribution in [-0.2, 0) is 14.9 Å². The number of aliphatic hydroxyl groups excluding tert-OH is 2. The zero-order valence-electron chi connectivity index (χ0n) is 22.6. The third kappa shape index (κ3) is 8.27. The lowest BCUT2D eigenvalue weighted by Crippen LogP contribution is -2.25. The maximum atomic E-state index is 12.2. The summed E-state index contributed by atoms with van der Waals surface area (Å²) in [6.07, 6.45) is 0.340. The van der Waals surface area contributed by atoms with Gasteiger partial charge in [-0.05, 0) is 53.9 Å². The molecule has 0 aliphatic heterocycles. The van der Waals surface area contributed by atoms with Crippen LogP contribution in [-0.4, -0.2) is 66.3 Å². The van der Waals surface area contributed by atoms with Crippen LogP contribution in [0.1, 0.15) is 59.2 Å². The first-order chi connectivity index (χ1) is 18.6. The van der Waals surface area contributed by atoms with Gasteiger partial charge < -0.3 is 29.2 Å². The van der Waals surface area contributed by atoms with Crippen LogP contribution >= 0.6 is 0 Å². The molecule has 3 rings (SSSR count). The third-order valence-electron chi connectivity index (χ3n) is 6.31. The highest BCUT2D eigenvalue weighted by atomic mass is 16.5. The summed E-state index contributed by atoms with van der Waals surface area (Å²) in [7, 11) is 1.24. The normalized spacial score (nSPS) is 12.8. The average Bonchev–Trinajstić information content (AvgIpc) is 2.97. The van der Waals surface area contributed by atoms with E-state index in [1.165, 1.54) is 25.4 Å². The fraction of sp³-hybridized carbons (Fsp3) is 0.367. The lowest BCUT2D eigenvalue weighted by atomic mass is 9.78. The van der Waals surface area contributed by atoms with Crippen LogP contribution in [0, 0.1) is 0 Å². The first-order valence-electron chi connectivity index (χ1n) is 12.7. The molecule has 39 heavy (non-hydrogen) atoms. The van der Waals surface area contributed by atoms with Gasteiger partial charge in [0.25, 0.3) is 0 Å². The molecule has 9 nitrogen and oxygen atoms in total. The molecule has 0 fully saturated rings. The number of carbonyl (C=O) groups excluding carboxylic acids is 2. The maximum absolute atomic E-state index is 12.2. The van der Waals surface area contributed by atoms with E-state index in [0.717, 1.165) is 11.1 Å². The first-order valence-corrected chi connectivity index (χ1v) is 12.7. The van der Waals surface area contributed by atoms with Crippen molar-refractivity contribution in [2.24, 2.45) is 0 Å². The molecule has 0 bridgehead atoms. The number of benzene rings is 2. The molecule has 2 N–H and O–H groups in total. The minimum absolute atomic E-state index is 0.0657. The number of carbonyl (C=O) groups is 2. The van der Waals surface area contributed by atoms with E-state index >= 15 is 0 Å². The topological polar surface area (TPSA) is 124 Å². The average molecular weight is 538 g/mol. The fourth-order valence-electron chi connectivity index (χ4n) is 3.65. The van der Waals surface area contributed by atoms with E-state index in [0.29, 0.717) is 17.9 Å². The minimum atomic E-state index is -1.04. The highest BCUT2D eigenvalue weighted by molar-refractivity contribution is 5.91. The van der Waals surface area contributed by atoms with Crippen molar-refractivity contribution in [3.8, 4) is 11.5 Å². The number of aliphatic hydroxyl groups is 2. The van der Waals surface area contributed by atoms with Crippen LogP contribution in [0.5, 0.6) is 11.5 Å². The predicted octanol–water partition coefficient (Wildman–Crippen LogP) is 3.94. The fourth-order valence-corrected chi connectivity index (χ4v) is 3.65. The number of aromatic nitrogens is 1. The van der Waals surface area contributed by atoms with Crippen molar-refractivity contribution < 1.29 is 38.7 Å². The number of esters is 2. The molecule has 2 aromatic carbocycles. The lowest BCUT2D eigenvalue weighted by Gasteiger charge is -2.26. The molecule has 0 aliphatic rings. The number of hydrogen-bond donors (Lipinski definition) is 2. The Morgan fingerprint density at radius 3 is 1.79 bits per heavy atom. The molecule has 0 saturated carbocycles. The van der Waals surface area contributed by atoms with Crippen molar-refractivity contribution in [1.29, 1.82) is 0 Å². The second-order valence-electron chi connectivity index (χ2n) is 9.53. The summed E-state index contributed by atoms with van der Waals surface area (Å²) in [6, 6.07) is 18.2. The summed E-state index contributed by atoms with van der Waals surface area (Å²) in [6.45, 7) is 6.09. The summed E-state index contributed by atoms with van der Waals surface area (Å²) in [5, 5.41) is 19.9. The Morgan fingerprint density at radius 1 is 0.795 bits per heavy atom. The van der Waals surface area contributed by atoms with E-state index in [1.54, 1.807) is 0 Å². The number of methoxy groups -OCH3 is 1. The highest BCUT2D eigenvalue weighted by Gasteiger charge is 2.23. The number of pyridine rings is 1. The molecule has 208 valence electrons. The summed E-state index contributed by atoms with van der Waals surface area (Å²) >= 11 is 0. The van der Waals surface area contributed by atoms with Crippen LogP contribution in [0.15, 0.2) is 66.9 Å². The molecule has 3 aromatic rings. The Balaban J connectivity index is 1.48. The molecule has 9 heteroatoms. The molecule has 0 aliphatic carbocycles. The first kappa shape index (κ1) is 29.6. The summed E-state index contributed by atoms with van der Waals surface area (Å²) in [5.74, 6) is -0.00477. The van der Waals surface area contributed by atoms with Gasteiger partial charge in [0.1, 0.15) is 43.1 Å². The molecule has 1 heterocycles. The Hall–Kier alpha value is -3.95. The van der Waals surface area contributed by atoms with Crippen LogP contribution < -0.4 is 9.47 Å². The van der Waals surface area contributed by atoms with Crippen molar-refractivity contribution in [1.82, 2.24) is 4.98 Å². The third-order valence-corrected chi connectivity index (χ3v) is 6.31. The smallest absolute Gasteiger partial charge is 0.356 e. The zero-order valence-corrected chi connectivity index (χ0v) is 22.6. The van der Waals surface area contributed by atoms with Crippen molar-refractivity contribution in [3.63, 3.8) is 0 Å². The van der Waals surface area contributed by atoms with Gasteiger partial charge in [0.2, 0.25) is 0 Å². The molecule has 1 aromatic heterocycles. The SMILES string of the molecule is CCC(O)COc1ccc(C(C)(C)c2ccc(OCC(O)COC(=O)c3ccc(C(=O)OC)nc3)cc2)cc1. The molecule has 2 unspecified atom stereocenters. The highest BCUT2D eigenvalue weighted by Crippen LogP contribution is 2.33. The van der Waals surface area contributed by atoms with Gasteiger partial charge in [-0.2, -0.15) is 0 Å². The van der Waals surface area contributed by atoms with Gasteiger partial charge >= 0.3 is 11.9 Å². The Bertz CT molecular complexity index is 1210. The number of rotatable bonds is 13. The van der Waals surface area contributed by atoms with Gasteiger partial charge in [0.05, 0.1) is 18.8 Å². The van der Waals surface area contributed by atoms with Gasteiger partial charge in [0, 0.05) is 11.6 Å². The van der Waals surface area contributed by atoms with Gasteiger partial charge in [-0.1, -0.05) is 45.0 Å². The molecule has 2 atom stereocenters. The van der Waals surface area contributed by atoms with Crippen LogP contribution in [0.4, 0.5) is 0 Å². The van der Waals surface area contributed by atoms with E-state index < -0.39 is 24.1 Å². The second-order valence-corrected chi connectivity index (χ2v) is 9.53. The number of ether oxygens (including phenoxy) is 4. The monoisotopic (exact) mass is 537 g/mol. The van der Waals surface area contributed by atoms with E-state index in [-0.39, 0.29) is 36.5 Å². The number of hydrogen-bond acceptors (Lipinski definition) is 9. The molecule has 0 radical (unpaired) electrons. The summed E-state index contributed by atoms with van der Waals surface area (Å²) in [4.78, 5) is 27.5. The van der Waals surface area contributed by atoms with Crippen LogP contribution in [0.3, 0.4) is 0 Å². The van der Waals surface area contributed by atoms with Gasteiger partial charge in [-0.3, -0.25) is 0 Å². The van der Waals surface area contributed by atoms with Crippen molar-refractivity contribution in [3.05, 3.63) is 89.2 Å². The van der Waals surface area contributed by atoms with Crippen LogP contribution in [0.25, 0.3) is 0 Å². The minimum Gasteiger partial charge on any atom is -0.491 e. The molecule has 0 amide bonds. The van der Waals surface area contributed by atoms with Crippen molar-refractivity contribution in [2.75, 3.05) is 26.9 Å². The number of nitrogens with zero attached hydrogens (tertiary/aromatic N) is 1. The second kappa shape index (κ2) is 13.7. The summed E-state index contributed by atoms with van der Waals surface area (Å²) in [5.41, 5.74) is 2.12. The molecular weight excluding hydrogens is 502 g/mol. The molecular formula is C30H35NO8. The zero-order chi connectivity index (χ0) is 28.4. The molecule has 0 saturated heterocycles. The van der Waals surface area contributed by atoms with E-state index in [1.807, 2.05) is 55.5 Å². The van der Waals surface area contributed by atoms with E-state index in [2.05, 4.69) is 23.6 Å². The largest absolute Gasteiger partial charge is 0.491 e. The maximum Gasteiger partial charge on any atom is 0.356 e. The quantitative estimate of drug-likeness (QED) is 0.312.